The maximum Gasteiger partial charge on any atom is 0.252 e. The van der Waals surface area contributed by atoms with E-state index in [1.165, 1.54) is 0 Å². The third kappa shape index (κ3) is 3.20. The molecule has 27 heavy (non-hydrogen) atoms. The Morgan fingerprint density at radius 3 is 2.89 bits per heavy atom. The summed E-state index contributed by atoms with van der Waals surface area (Å²) in [7, 11) is 0. The molecule has 1 aliphatic rings. The highest BCUT2D eigenvalue weighted by molar-refractivity contribution is 5.68. The molecule has 0 saturated carbocycles. The van der Waals surface area contributed by atoms with Crippen molar-refractivity contribution in [3.63, 3.8) is 0 Å². The van der Waals surface area contributed by atoms with Gasteiger partial charge in [0.1, 0.15) is 6.07 Å². The second-order valence-corrected chi connectivity index (χ2v) is 6.51. The van der Waals surface area contributed by atoms with E-state index in [-0.39, 0.29) is 6.04 Å². The number of ether oxygens (including phenoxy) is 1. The lowest BCUT2D eigenvalue weighted by Gasteiger charge is -2.11. The van der Waals surface area contributed by atoms with E-state index in [2.05, 4.69) is 28.6 Å². The van der Waals surface area contributed by atoms with Crippen LogP contribution in [0.25, 0.3) is 17.0 Å². The van der Waals surface area contributed by atoms with Gasteiger partial charge in [-0.2, -0.15) is 5.26 Å². The first kappa shape index (κ1) is 16.7. The molecule has 0 aliphatic carbocycles. The maximum atomic E-state index is 9.43. The van der Waals surface area contributed by atoms with E-state index in [4.69, 9.17) is 9.26 Å². The molecule has 7 nitrogen and oxygen atoms in total. The van der Waals surface area contributed by atoms with Gasteiger partial charge in [0.05, 0.1) is 16.9 Å². The average molecular weight is 360 g/mol. The number of nitriles is 1. The van der Waals surface area contributed by atoms with E-state index in [1.54, 1.807) is 16.9 Å². The van der Waals surface area contributed by atoms with Gasteiger partial charge in [0, 0.05) is 23.7 Å². The average Bonchev–Trinajstić information content (AvgIpc) is 3.26. The van der Waals surface area contributed by atoms with E-state index < -0.39 is 0 Å². The molecule has 0 spiro atoms. The fraction of sp³-hybridized carbons (Fsp3) is 0.150. The van der Waals surface area contributed by atoms with Crippen molar-refractivity contribution in [3.05, 3.63) is 60.6 Å². The van der Waals surface area contributed by atoms with E-state index in [1.807, 2.05) is 44.2 Å². The summed E-state index contributed by atoms with van der Waals surface area (Å²) < 4.78 is 12.6. The first-order chi connectivity index (χ1) is 13.0. The zero-order valence-corrected chi connectivity index (χ0v) is 15.0. The van der Waals surface area contributed by atoms with Gasteiger partial charge in [0.2, 0.25) is 16.7 Å². The molecule has 0 atom stereocenters. The van der Waals surface area contributed by atoms with Gasteiger partial charge >= 0.3 is 0 Å². The molecule has 2 heterocycles. The minimum atomic E-state index is 0.240. The van der Waals surface area contributed by atoms with Crippen LogP contribution in [0.1, 0.15) is 19.4 Å². The first-order valence-corrected chi connectivity index (χ1v) is 8.51. The Hall–Kier alpha value is -3.79. The number of anilines is 2. The normalized spacial score (nSPS) is 12.3. The molecule has 4 rings (SSSR count). The van der Waals surface area contributed by atoms with Gasteiger partial charge in [-0.05, 0) is 49.4 Å². The summed E-state index contributed by atoms with van der Waals surface area (Å²) >= 11 is 0. The molecule has 7 heteroatoms. The predicted molar refractivity (Wildman–Crippen MR) is 100 cm³/mol. The van der Waals surface area contributed by atoms with Gasteiger partial charge in [-0.3, -0.25) is 4.52 Å². The number of nitrogens with one attached hydrogen (secondary N) is 2. The molecular weight excluding hydrogens is 342 g/mol. The highest BCUT2D eigenvalue weighted by Gasteiger charge is 2.22. The smallest absolute Gasteiger partial charge is 0.252 e. The van der Waals surface area contributed by atoms with Gasteiger partial charge in [0.25, 0.3) is 6.20 Å². The van der Waals surface area contributed by atoms with Crippen LogP contribution in [0.15, 0.2) is 59.6 Å². The summed E-state index contributed by atoms with van der Waals surface area (Å²) in [6.07, 6.45) is 1.78. The Bertz CT molecular complexity index is 1080. The summed E-state index contributed by atoms with van der Waals surface area (Å²) in [5, 5.41) is 19.8. The third-order valence-corrected chi connectivity index (χ3v) is 4.07. The van der Waals surface area contributed by atoms with Crippen molar-refractivity contribution in [1.29, 1.82) is 5.26 Å². The van der Waals surface area contributed by atoms with Crippen LogP contribution in [-0.4, -0.2) is 11.3 Å². The fourth-order valence-electron chi connectivity index (χ4n) is 2.88. The Balaban J connectivity index is 1.64. The molecule has 134 valence electrons. The summed E-state index contributed by atoms with van der Waals surface area (Å²) in [6, 6.07) is 13.6. The summed E-state index contributed by atoms with van der Waals surface area (Å²) in [5.41, 5.74) is 3.77. The third-order valence-electron chi connectivity index (χ3n) is 4.07. The van der Waals surface area contributed by atoms with Crippen molar-refractivity contribution in [3.8, 4) is 28.8 Å². The molecule has 2 N–H and O–H groups in total. The van der Waals surface area contributed by atoms with Crippen molar-refractivity contribution < 1.29 is 13.9 Å². The molecular formula is C20H18N5O2+. The molecule has 1 aliphatic heterocycles. The van der Waals surface area contributed by atoms with Crippen LogP contribution in [0.4, 0.5) is 11.4 Å². The van der Waals surface area contributed by atoms with Gasteiger partial charge in [-0.1, -0.05) is 0 Å². The molecule has 0 unspecified atom stereocenters. The number of benzene rings is 2. The standard InChI is InChI=1S/C20H18N5O2/c1-12(2)22-17-6-4-14(8-15(17)10-21)20-11-25(24-27-20)16-5-7-19-18(9-16)23-13(3)26-19/h4-9,11-12,22-23H,3H2,1-2H3/q+1. The number of aromatic nitrogens is 2. The molecule has 2 aromatic carbocycles. The fourth-order valence-corrected chi connectivity index (χ4v) is 2.88. The Morgan fingerprint density at radius 2 is 2.11 bits per heavy atom. The Labute approximate surface area is 156 Å². The van der Waals surface area contributed by atoms with Crippen LogP contribution in [0, 0.1) is 11.3 Å². The highest BCUT2D eigenvalue weighted by Crippen LogP contribution is 2.33. The van der Waals surface area contributed by atoms with Crippen molar-refractivity contribution in [2.45, 2.75) is 19.9 Å². The molecule has 0 bridgehead atoms. The largest absolute Gasteiger partial charge is 0.440 e. The van der Waals surface area contributed by atoms with E-state index in [9.17, 15) is 5.26 Å². The second-order valence-electron chi connectivity index (χ2n) is 6.51. The minimum absolute atomic E-state index is 0.240. The quantitative estimate of drug-likeness (QED) is 0.692. The number of hydrogen-bond acceptors (Lipinski definition) is 6. The molecule has 1 aromatic heterocycles. The van der Waals surface area contributed by atoms with Crippen molar-refractivity contribution in [1.82, 2.24) is 5.27 Å². The van der Waals surface area contributed by atoms with Crippen molar-refractivity contribution in [2.24, 2.45) is 0 Å². The van der Waals surface area contributed by atoms with E-state index >= 15 is 0 Å². The van der Waals surface area contributed by atoms with Gasteiger partial charge < -0.3 is 15.4 Å². The topological polar surface area (TPSA) is 87.0 Å². The van der Waals surface area contributed by atoms with Crippen LogP contribution in [0.3, 0.4) is 0 Å². The molecule has 0 amide bonds. The number of hydrogen-bond donors (Lipinski definition) is 2. The lowest BCUT2D eigenvalue weighted by Crippen LogP contribution is -2.31. The van der Waals surface area contributed by atoms with Crippen LogP contribution in [0.2, 0.25) is 0 Å². The lowest BCUT2D eigenvalue weighted by molar-refractivity contribution is -0.670. The second kappa shape index (κ2) is 6.50. The predicted octanol–water partition coefficient (Wildman–Crippen LogP) is 3.59. The molecule has 0 saturated heterocycles. The van der Waals surface area contributed by atoms with Crippen LogP contribution in [-0.2, 0) is 0 Å². The maximum absolute atomic E-state index is 9.43. The van der Waals surface area contributed by atoms with Crippen LogP contribution < -0.4 is 20.1 Å². The van der Waals surface area contributed by atoms with Crippen molar-refractivity contribution >= 4 is 11.4 Å². The minimum Gasteiger partial charge on any atom is -0.440 e. The molecule has 0 radical (unpaired) electrons. The van der Waals surface area contributed by atoms with E-state index in [0.717, 1.165) is 28.4 Å². The van der Waals surface area contributed by atoms with Gasteiger partial charge in [-0.25, -0.2) is 0 Å². The Kier molecular flexibility index (Phi) is 4.01. The number of nitrogens with zero attached hydrogens (tertiary/aromatic N) is 3. The molecule has 0 fully saturated rings. The summed E-state index contributed by atoms with van der Waals surface area (Å²) in [5.74, 6) is 1.78. The number of rotatable bonds is 4. The van der Waals surface area contributed by atoms with Crippen LogP contribution in [0.5, 0.6) is 5.75 Å². The molecule has 3 aromatic rings. The Morgan fingerprint density at radius 1 is 1.26 bits per heavy atom. The first-order valence-electron chi connectivity index (χ1n) is 8.51. The van der Waals surface area contributed by atoms with Gasteiger partial charge in [-0.15, -0.1) is 0 Å². The lowest BCUT2D eigenvalue weighted by atomic mass is 10.1. The number of fused-ring (bicyclic) bond motifs is 1. The van der Waals surface area contributed by atoms with Crippen molar-refractivity contribution in [2.75, 3.05) is 10.6 Å². The monoisotopic (exact) mass is 360 g/mol. The summed E-state index contributed by atoms with van der Waals surface area (Å²) in [4.78, 5) is 0. The highest BCUT2D eigenvalue weighted by atomic mass is 16.5. The van der Waals surface area contributed by atoms with E-state index in [0.29, 0.717) is 17.2 Å². The zero-order valence-electron chi connectivity index (χ0n) is 15.0. The SMILES string of the molecule is C=C1Nc2cc(-[n+]3cc(-c4ccc(NC(C)C)c(C#N)c4)on3)ccc2O1. The van der Waals surface area contributed by atoms with Crippen LogP contribution >= 0.6 is 0 Å². The van der Waals surface area contributed by atoms with Gasteiger partial charge in [0.15, 0.2) is 11.6 Å². The zero-order chi connectivity index (χ0) is 19.0. The summed E-state index contributed by atoms with van der Waals surface area (Å²) in [6.45, 7) is 7.81.